The molecule has 30 heavy (non-hydrogen) atoms. The number of non-ortho nitro benzene ring substituents is 1. The molecule has 0 atom stereocenters. The summed E-state index contributed by atoms with van der Waals surface area (Å²) in [4.78, 5) is 28.2. The van der Waals surface area contributed by atoms with E-state index in [2.05, 4.69) is 10.2 Å². The fraction of sp³-hybridized carbons (Fsp3) is 0.409. The molecule has 0 aromatic heterocycles. The highest BCUT2D eigenvalue weighted by Gasteiger charge is 2.22. The molecule has 2 saturated heterocycles. The number of hydrogen-bond donors (Lipinski definition) is 1. The molecule has 0 spiro atoms. The monoisotopic (exact) mass is 410 g/mol. The average Bonchev–Trinajstić information content (AvgIpc) is 2.80. The number of morpholine rings is 1. The first kappa shape index (κ1) is 20.2. The van der Waals surface area contributed by atoms with E-state index >= 15 is 0 Å². The lowest BCUT2D eigenvalue weighted by Crippen LogP contribution is -2.37. The lowest BCUT2D eigenvalue weighted by atomic mass is 10.1. The van der Waals surface area contributed by atoms with Gasteiger partial charge in [-0.25, -0.2) is 0 Å². The number of nitrogens with one attached hydrogen (secondary N) is 1. The minimum absolute atomic E-state index is 0.0994. The molecule has 2 aliphatic rings. The molecule has 2 fully saturated rings. The number of nitro groups is 1. The predicted octanol–water partition coefficient (Wildman–Crippen LogP) is 3.67. The number of benzene rings is 2. The molecule has 1 N–H and O–H groups in total. The fourth-order valence-electron chi connectivity index (χ4n) is 4.01. The number of amides is 1. The molecule has 2 heterocycles. The van der Waals surface area contributed by atoms with Crippen molar-refractivity contribution in [3.8, 4) is 0 Å². The maximum absolute atomic E-state index is 13.0. The van der Waals surface area contributed by atoms with Gasteiger partial charge in [0.1, 0.15) is 0 Å². The van der Waals surface area contributed by atoms with Crippen LogP contribution in [0.3, 0.4) is 0 Å². The van der Waals surface area contributed by atoms with E-state index in [0.717, 1.165) is 18.8 Å². The molecular formula is C22H26N4O4. The quantitative estimate of drug-likeness (QED) is 0.598. The van der Waals surface area contributed by atoms with E-state index in [1.54, 1.807) is 6.07 Å². The van der Waals surface area contributed by atoms with Gasteiger partial charge in [-0.2, -0.15) is 0 Å². The molecule has 8 heteroatoms. The molecule has 8 nitrogen and oxygen atoms in total. The van der Waals surface area contributed by atoms with Crippen LogP contribution in [0.1, 0.15) is 29.6 Å². The molecule has 0 saturated carbocycles. The zero-order valence-electron chi connectivity index (χ0n) is 16.9. The van der Waals surface area contributed by atoms with Gasteiger partial charge in [0.25, 0.3) is 11.6 Å². The fourth-order valence-corrected chi connectivity index (χ4v) is 4.01. The van der Waals surface area contributed by atoms with Crippen LogP contribution in [0.15, 0.2) is 42.5 Å². The van der Waals surface area contributed by atoms with Gasteiger partial charge in [0.2, 0.25) is 0 Å². The summed E-state index contributed by atoms with van der Waals surface area (Å²) in [6.45, 7) is 4.53. The van der Waals surface area contributed by atoms with Crippen LogP contribution in [-0.2, 0) is 4.74 Å². The minimum atomic E-state index is -0.479. The van der Waals surface area contributed by atoms with Crippen molar-refractivity contribution in [3.05, 3.63) is 58.1 Å². The number of carbonyl (C=O) groups excluding carboxylic acids is 1. The summed E-state index contributed by atoms with van der Waals surface area (Å²) in [5, 5.41) is 14.1. The second-order valence-corrected chi connectivity index (χ2v) is 7.61. The summed E-state index contributed by atoms with van der Waals surface area (Å²) in [6.07, 6.45) is 3.69. The van der Waals surface area contributed by atoms with Gasteiger partial charge in [-0.05, 0) is 49.6 Å². The van der Waals surface area contributed by atoms with E-state index in [1.165, 1.54) is 31.4 Å². The van der Waals surface area contributed by atoms with Crippen molar-refractivity contribution < 1.29 is 14.5 Å². The summed E-state index contributed by atoms with van der Waals surface area (Å²) in [6, 6.07) is 12.2. The molecule has 2 aromatic rings. The van der Waals surface area contributed by atoms with Crippen LogP contribution >= 0.6 is 0 Å². The van der Waals surface area contributed by atoms with Crippen molar-refractivity contribution in [3.63, 3.8) is 0 Å². The number of nitrogens with zero attached hydrogens (tertiary/aromatic N) is 3. The highest BCUT2D eigenvalue weighted by molar-refractivity contribution is 6.08. The Morgan fingerprint density at radius 3 is 2.30 bits per heavy atom. The Morgan fingerprint density at radius 1 is 0.933 bits per heavy atom. The van der Waals surface area contributed by atoms with Gasteiger partial charge < -0.3 is 19.9 Å². The van der Waals surface area contributed by atoms with Gasteiger partial charge >= 0.3 is 0 Å². The third-order valence-electron chi connectivity index (χ3n) is 5.63. The summed E-state index contributed by atoms with van der Waals surface area (Å²) in [5.41, 5.74) is 2.70. The van der Waals surface area contributed by atoms with Crippen molar-refractivity contribution in [2.75, 3.05) is 54.5 Å². The van der Waals surface area contributed by atoms with Crippen LogP contribution < -0.4 is 15.1 Å². The molecule has 0 radical (unpaired) electrons. The smallest absolute Gasteiger partial charge is 0.270 e. The zero-order valence-corrected chi connectivity index (χ0v) is 16.9. The first-order chi connectivity index (χ1) is 14.6. The summed E-state index contributed by atoms with van der Waals surface area (Å²) < 4.78 is 5.39. The molecule has 2 aromatic carbocycles. The van der Waals surface area contributed by atoms with Crippen molar-refractivity contribution in [2.24, 2.45) is 0 Å². The Labute approximate surface area is 175 Å². The van der Waals surface area contributed by atoms with Gasteiger partial charge in [-0.1, -0.05) is 0 Å². The lowest BCUT2D eigenvalue weighted by Gasteiger charge is -2.30. The van der Waals surface area contributed by atoms with Gasteiger partial charge in [0, 0.05) is 49.7 Å². The van der Waals surface area contributed by atoms with E-state index in [0.29, 0.717) is 43.2 Å². The van der Waals surface area contributed by atoms with Crippen molar-refractivity contribution >= 4 is 28.7 Å². The van der Waals surface area contributed by atoms with E-state index in [-0.39, 0.29) is 11.6 Å². The Morgan fingerprint density at radius 2 is 1.63 bits per heavy atom. The Kier molecular flexibility index (Phi) is 6.13. The van der Waals surface area contributed by atoms with Gasteiger partial charge in [0.15, 0.2) is 0 Å². The zero-order chi connectivity index (χ0) is 20.9. The van der Waals surface area contributed by atoms with Crippen molar-refractivity contribution in [1.82, 2.24) is 0 Å². The lowest BCUT2D eigenvalue weighted by molar-refractivity contribution is -0.384. The van der Waals surface area contributed by atoms with Crippen molar-refractivity contribution in [1.29, 1.82) is 0 Å². The molecule has 0 aliphatic carbocycles. The van der Waals surface area contributed by atoms with E-state index in [9.17, 15) is 14.9 Å². The summed E-state index contributed by atoms with van der Waals surface area (Å²) >= 11 is 0. The molecule has 0 bridgehead atoms. The molecule has 0 unspecified atom stereocenters. The van der Waals surface area contributed by atoms with Crippen LogP contribution in [0.4, 0.5) is 22.7 Å². The highest BCUT2D eigenvalue weighted by Crippen LogP contribution is 2.28. The number of anilines is 3. The van der Waals surface area contributed by atoms with Crippen LogP contribution in [0.5, 0.6) is 0 Å². The van der Waals surface area contributed by atoms with E-state index in [4.69, 9.17) is 4.74 Å². The molecule has 158 valence electrons. The SMILES string of the molecule is O=C(Nc1ccc(N2CCCCC2)cc1)c1cc([N+](=O)[O-])ccc1N1CCOCC1. The molecular weight excluding hydrogens is 384 g/mol. The second-order valence-electron chi connectivity index (χ2n) is 7.61. The van der Waals surface area contributed by atoms with Crippen LogP contribution in [0, 0.1) is 10.1 Å². The first-order valence-corrected chi connectivity index (χ1v) is 10.4. The largest absolute Gasteiger partial charge is 0.378 e. The highest BCUT2D eigenvalue weighted by atomic mass is 16.6. The number of ether oxygens (including phenoxy) is 1. The Balaban J connectivity index is 1.54. The van der Waals surface area contributed by atoms with Gasteiger partial charge in [0.05, 0.1) is 29.4 Å². The third kappa shape index (κ3) is 4.54. The van der Waals surface area contributed by atoms with Crippen LogP contribution in [-0.4, -0.2) is 50.2 Å². The Bertz CT molecular complexity index is 904. The third-order valence-corrected chi connectivity index (χ3v) is 5.63. The molecule has 2 aliphatic heterocycles. The number of piperidine rings is 1. The molecule has 1 amide bonds. The number of hydrogen-bond acceptors (Lipinski definition) is 6. The van der Waals surface area contributed by atoms with E-state index < -0.39 is 4.92 Å². The van der Waals surface area contributed by atoms with E-state index in [1.807, 2.05) is 29.2 Å². The normalized spacial score (nSPS) is 16.9. The number of nitro benzene ring substituents is 1. The minimum Gasteiger partial charge on any atom is -0.378 e. The van der Waals surface area contributed by atoms with Crippen molar-refractivity contribution in [2.45, 2.75) is 19.3 Å². The van der Waals surface area contributed by atoms with Crippen LogP contribution in [0.2, 0.25) is 0 Å². The average molecular weight is 410 g/mol. The molecule has 4 rings (SSSR count). The summed E-state index contributed by atoms with van der Waals surface area (Å²) in [5.74, 6) is -0.356. The maximum Gasteiger partial charge on any atom is 0.270 e. The number of carbonyl (C=O) groups is 1. The second kappa shape index (κ2) is 9.13. The number of rotatable bonds is 5. The Hall–Kier alpha value is -3.13. The van der Waals surface area contributed by atoms with Crippen LogP contribution in [0.25, 0.3) is 0 Å². The maximum atomic E-state index is 13.0. The first-order valence-electron chi connectivity index (χ1n) is 10.4. The predicted molar refractivity (Wildman–Crippen MR) is 117 cm³/mol. The summed E-state index contributed by atoms with van der Waals surface area (Å²) in [7, 11) is 0. The topological polar surface area (TPSA) is 88.0 Å². The van der Waals surface area contributed by atoms with Gasteiger partial charge in [-0.3, -0.25) is 14.9 Å². The standard InChI is InChI=1S/C22H26N4O4/c27-22(23-17-4-6-18(7-5-17)24-10-2-1-3-11-24)20-16-19(26(28)29)8-9-21(20)25-12-14-30-15-13-25/h4-9,16H,1-3,10-15H2,(H,23,27). The van der Waals surface area contributed by atoms with Gasteiger partial charge in [-0.15, -0.1) is 0 Å².